The van der Waals surface area contributed by atoms with Crippen LogP contribution in [0.15, 0.2) is 12.3 Å². The molecule has 0 spiro atoms. The van der Waals surface area contributed by atoms with Gasteiger partial charge in [-0.1, -0.05) is 52.9 Å². The highest BCUT2D eigenvalue weighted by Gasteiger charge is 2.12. The van der Waals surface area contributed by atoms with Gasteiger partial charge in [0.1, 0.15) is 0 Å². The van der Waals surface area contributed by atoms with Crippen LogP contribution in [0.5, 0.6) is 0 Å². The van der Waals surface area contributed by atoms with E-state index in [2.05, 4.69) is 51.8 Å². The first-order valence-electron chi connectivity index (χ1n) is 5.93. The lowest BCUT2D eigenvalue weighted by molar-refractivity contribution is 0.471. The van der Waals surface area contributed by atoms with Crippen LogP contribution in [0.25, 0.3) is 0 Å². The van der Waals surface area contributed by atoms with E-state index in [4.69, 9.17) is 12.2 Å². The molecule has 3 heteroatoms. The topological polar surface area (TPSA) is 3.24 Å². The molecule has 1 heterocycles. The highest BCUT2D eigenvalue weighted by Crippen LogP contribution is 2.11. The zero-order valence-corrected chi connectivity index (χ0v) is 12.8. The first kappa shape index (κ1) is 21.0. The third kappa shape index (κ3) is 11.8. The Morgan fingerprint density at radius 2 is 1.50 bits per heavy atom. The molecule has 0 saturated heterocycles. The minimum atomic E-state index is 0. The molecule has 0 atom stereocenters. The Balaban J connectivity index is -0.000000209. The van der Waals surface area contributed by atoms with Crippen molar-refractivity contribution in [3.63, 3.8) is 0 Å². The van der Waals surface area contributed by atoms with Crippen molar-refractivity contribution in [3.05, 3.63) is 12.3 Å². The second kappa shape index (κ2) is 12.8. The number of hydrogen-bond acceptors (Lipinski definition) is 1. The Bertz CT molecular complexity index is 186. The van der Waals surface area contributed by atoms with E-state index in [1.807, 2.05) is 13.8 Å². The molecule has 1 nitrogen and oxygen atoms in total. The van der Waals surface area contributed by atoms with Crippen molar-refractivity contribution in [2.24, 2.45) is 5.92 Å². The summed E-state index contributed by atoms with van der Waals surface area (Å²) in [5, 5.41) is 0. The molecule has 0 N–H and O–H groups in total. The highest BCUT2D eigenvalue weighted by atomic mass is 32.1. The minimum Gasteiger partial charge on any atom is -0.340 e. The number of hydrogen-bond donors (Lipinski definition) is 0. The van der Waals surface area contributed by atoms with Crippen LogP contribution in [-0.2, 0) is 0 Å². The predicted molar refractivity (Wildman–Crippen MR) is 80.9 cm³/mol. The van der Waals surface area contributed by atoms with Crippen molar-refractivity contribution < 1.29 is 0 Å². The molecule has 0 unspecified atom stereocenters. The van der Waals surface area contributed by atoms with Crippen molar-refractivity contribution in [1.29, 1.82) is 0 Å². The molecule has 16 heavy (non-hydrogen) atoms. The average Bonchev–Trinajstić information content (AvgIpc) is 2.54. The van der Waals surface area contributed by atoms with Gasteiger partial charge >= 0.3 is 0 Å². The molecule has 93 valence electrons. The van der Waals surface area contributed by atoms with E-state index in [1.165, 1.54) is 0 Å². The highest BCUT2D eigenvalue weighted by molar-refractivity contribution is 7.80. The molecule has 0 saturated carbocycles. The molecule has 0 bridgehead atoms. The van der Waals surface area contributed by atoms with Crippen LogP contribution in [0.2, 0.25) is 0 Å². The van der Waals surface area contributed by atoms with Crippen molar-refractivity contribution >= 4 is 25.6 Å². The van der Waals surface area contributed by atoms with E-state index in [0.29, 0.717) is 6.04 Å². The fraction of sp³-hybridized carbons (Fsp3) is 0.769. The van der Waals surface area contributed by atoms with Crippen LogP contribution in [-0.4, -0.2) is 24.3 Å². The molecule has 1 rings (SSSR count). The van der Waals surface area contributed by atoms with Gasteiger partial charge in [0.25, 0.3) is 0 Å². The summed E-state index contributed by atoms with van der Waals surface area (Å²) < 4.78 is 0. The van der Waals surface area contributed by atoms with Gasteiger partial charge in [-0.15, -0.1) is 0 Å². The Hall–Kier alpha value is -0.305. The van der Waals surface area contributed by atoms with Crippen LogP contribution < -0.4 is 0 Å². The van der Waals surface area contributed by atoms with E-state index in [9.17, 15) is 0 Å². The van der Waals surface area contributed by atoms with Gasteiger partial charge in [0.05, 0.1) is 4.99 Å². The van der Waals surface area contributed by atoms with Gasteiger partial charge in [0.2, 0.25) is 0 Å². The summed E-state index contributed by atoms with van der Waals surface area (Å²) in [6, 6.07) is 0.524. The second-order valence-electron chi connectivity index (χ2n) is 4.22. The van der Waals surface area contributed by atoms with E-state index in [1.54, 1.807) is 0 Å². The Kier molecular flexibility index (Phi) is 16.8. The molecular weight excluding hydrogens is 213 g/mol. The van der Waals surface area contributed by atoms with Crippen molar-refractivity contribution in [2.75, 3.05) is 0 Å². The van der Waals surface area contributed by atoms with Gasteiger partial charge in [-0.25, -0.2) is 0 Å². The van der Waals surface area contributed by atoms with E-state index in [-0.39, 0.29) is 8.41 Å². The maximum Gasteiger partial charge on any atom is 0.0860 e. The van der Waals surface area contributed by atoms with E-state index >= 15 is 0 Å². The molecule has 0 fully saturated rings. The Morgan fingerprint density at radius 3 is 1.62 bits per heavy atom. The zero-order valence-electron chi connectivity index (χ0n) is 11.9. The maximum absolute atomic E-state index is 5.08. The summed E-state index contributed by atoms with van der Waals surface area (Å²) in [4.78, 5) is 3.17. The fourth-order valence-corrected chi connectivity index (χ4v) is 1.28. The van der Waals surface area contributed by atoms with Crippen LogP contribution in [0, 0.1) is 5.92 Å². The number of rotatable bonds is 1. The van der Waals surface area contributed by atoms with Gasteiger partial charge in [0, 0.05) is 27.1 Å². The van der Waals surface area contributed by atoms with Crippen LogP contribution in [0.4, 0.5) is 0 Å². The summed E-state index contributed by atoms with van der Waals surface area (Å²) in [7, 11) is 0. The van der Waals surface area contributed by atoms with E-state index < -0.39 is 0 Å². The Labute approximate surface area is 110 Å². The lowest BCUT2D eigenvalue weighted by Gasteiger charge is -2.19. The number of nitrogens with zero attached hydrogens (tertiary/aromatic N) is 1. The molecule has 0 aromatic heterocycles. The van der Waals surface area contributed by atoms with Gasteiger partial charge in [0.15, 0.2) is 0 Å². The molecule has 0 aromatic carbocycles. The SMILES string of the molecule is CC.CC(C)C.CC(C)N1C=CCC1=S.[B]. The summed E-state index contributed by atoms with van der Waals surface area (Å²) in [5.41, 5.74) is 0. The first-order chi connectivity index (χ1) is 6.95. The molecule has 1 aliphatic heterocycles. The Morgan fingerprint density at radius 1 is 1.12 bits per heavy atom. The summed E-state index contributed by atoms with van der Waals surface area (Å²) >= 11 is 5.08. The maximum atomic E-state index is 5.08. The standard InChI is InChI=1S/C7H11NS.C4H10.C2H6.B/c1-6(2)8-5-3-4-7(8)9;1-4(2)3;1-2;/h3,5-6H,4H2,1-2H3;4H,1-3H3;1-2H3;. The predicted octanol–water partition coefficient (Wildman–Crippen LogP) is 4.25. The summed E-state index contributed by atoms with van der Waals surface area (Å²) in [5.74, 6) is 0.833. The van der Waals surface area contributed by atoms with Gasteiger partial charge in [-0.3, -0.25) is 0 Å². The molecule has 1 aliphatic rings. The molecule has 0 aliphatic carbocycles. The minimum absolute atomic E-state index is 0. The molecule has 0 aromatic rings. The zero-order chi connectivity index (χ0) is 12.4. The normalized spacial score (nSPS) is 12.8. The molecular formula is C13H27BNS. The molecule has 3 radical (unpaired) electrons. The van der Waals surface area contributed by atoms with Crippen molar-refractivity contribution in [1.82, 2.24) is 4.90 Å². The van der Waals surface area contributed by atoms with Crippen LogP contribution in [0.1, 0.15) is 54.9 Å². The first-order valence-corrected chi connectivity index (χ1v) is 6.33. The monoisotopic (exact) mass is 240 g/mol. The van der Waals surface area contributed by atoms with Gasteiger partial charge in [-0.05, 0) is 19.8 Å². The number of thiocarbonyl (C=S) groups is 1. The average molecular weight is 240 g/mol. The quantitative estimate of drug-likeness (QED) is 0.498. The van der Waals surface area contributed by atoms with Gasteiger partial charge < -0.3 is 4.90 Å². The third-order valence-electron chi connectivity index (χ3n) is 1.40. The largest absolute Gasteiger partial charge is 0.340 e. The van der Waals surface area contributed by atoms with Gasteiger partial charge in [-0.2, -0.15) is 0 Å². The fourth-order valence-electron chi connectivity index (χ4n) is 0.916. The van der Waals surface area contributed by atoms with Crippen molar-refractivity contribution in [2.45, 2.75) is 60.9 Å². The van der Waals surface area contributed by atoms with Crippen molar-refractivity contribution in [3.8, 4) is 0 Å². The second-order valence-corrected chi connectivity index (χ2v) is 4.69. The lowest BCUT2D eigenvalue weighted by Crippen LogP contribution is -2.26. The smallest absolute Gasteiger partial charge is 0.0860 e. The summed E-state index contributed by atoms with van der Waals surface area (Å²) in [6.07, 6.45) is 5.11. The van der Waals surface area contributed by atoms with E-state index in [0.717, 1.165) is 17.3 Å². The van der Waals surface area contributed by atoms with Crippen LogP contribution in [0.3, 0.4) is 0 Å². The molecule has 0 amide bonds. The van der Waals surface area contributed by atoms with Crippen LogP contribution >= 0.6 is 12.2 Å². The third-order valence-corrected chi connectivity index (χ3v) is 1.78. The summed E-state index contributed by atoms with van der Waals surface area (Å²) in [6.45, 7) is 14.8. The lowest BCUT2D eigenvalue weighted by atomic mass is 10.3.